The van der Waals surface area contributed by atoms with E-state index in [0.29, 0.717) is 6.54 Å². The summed E-state index contributed by atoms with van der Waals surface area (Å²) in [5.74, 6) is 0. The van der Waals surface area contributed by atoms with Crippen molar-refractivity contribution in [2.45, 2.75) is 19.1 Å². The second-order valence-electron chi connectivity index (χ2n) is 4.52. The zero-order valence-electron chi connectivity index (χ0n) is 10.9. The second-order valence-corrected chi connectivity index (χ2v) is 6.32. The third-order valence-corrected chi connectivity index (χ3v) is 4.29. The number of aryl methyl sites for hydroxylation is 1. The molecule has 1 aromatic carbocycles. The molecule has 18 heavy (non-hydrogen) atoms. The summed E-state index contributed by atoms with van der Waals surface area (Å²) in [7, 11) is -0.801. The van der Waals surface area contributed by atoms with Crippen LogP contribution < -0.4 is 5.32 Å². The molecule has 0 saturated carbocycles. The normalized spacial score (nSPS) is 14.4. The number of para-hydroxylation sites is 1. The molecule has 1 N–H and O–H groups in total. The van der Waals surface area contributed by atoms with Crippen molar-refractivity contribution in [1.82, 2.24) is 4.98 Å². The highest BCUT2D eigenvalue weighted by Gasteiger charge is 2.08. The fourth-order valence-corrected chi connectivity index (χ4v) is 2.14. The van der Waals surface area contributed by atoms with Crippen LogP contribution in [0.25, 0.3) is 10.9 Å². The standard InChI is InChI=1S/C14H18N2OS/c1-10-8-14(15-9-11(2)18(3)17)12-6-4-5-7-13(12)16-10/h4-8,11H,9H2,1-3H3,(H,15,16). The predicted molar refractivity (Wildman–Crippen MR) is 78.5 cm³/mol. The number of aromatic nitrogens is 1. The molecule has 0 aliphatic rings. The summed E-state index contributed by atoms with van der Waals surface area (Å²) < 4.78 is 11.4. The van der Waals surface area contributed by atoms with Crippen molar-refractivity contribution in [3.63, 3.8) is 0 Å². The van der Waals surface area contributed by atoms with Gasteiger partial charge in [-0.3, -0.25) is 9.19 Å². The average molecular weight is 262 g/mol. The largest absolute Gasteiger partial charge is 0.383 e. The molecule has 96 valence electrons. The summed E-state index contributed by atoms with van der Waals surface area (Å²) in [5.41, 5.74) is 3.04. The van der Waals surface area contributed by atoms with E-state index in [1.165, 1.54) is 0 Å². The van der Waals surface area contributed by atoms with Crippen LogP contribution in [0.15, 0.2) is 30.3 Å². The van der Waals surface area contributed by atoms with Gasteiger partial charge in [0.15, 0.2) is 0 Å². The van der Waals surface area contributed by atoms with Crippen molar-refractivity contribution in [2.24, 2.45) is 0 Å². The predicted octanol–water partition coefficient (Wildman–Crippen LogP) is 2.72. The van der Waals surface area contributed by atoms with Crippen molar-refractivity contribution in [2.75, 3.05) is 18.1 Å². The Bertz CT molecular complexity index is 583. The highest BCUT2D eigenvalue weighted by atomic mass is 32.2. The van der Waals surface area contributed by atoms with Crippen LogP contribution in [0.4, 0.5) is 5.69 Å². The minimum absolute atomic E-state index is 0.136. The molecule has 0 aliphatic carbocycles. The Kier molecular flexibility index (Phi) is 3.97. The molecule has 1 heterocycles. The Morgan fingerprint density at radius 3 is 2.83 bits per heavy atom. The lowest BCUT2D eigenvalue weighted by molar-refractivity contribution is 0.679. The molecule has 1 aromatic heterocycles. The number of pyridine rings is 1. The van der Waals surface area contributed by atoms with Gasteiger partial charge in [-0.25, -0.2) is 0 Å². The maximum atomic E-state index is 11.4. The van der Waals surface area contributed by atoms with Crippen LogP contribution in [0.1, 0.15) is 12.6 Å². The summed E-state index contributed by atoms with van der Waals surface area (Å²) >= 11 is 0. The van der Waals surface area contributed by atoms with Crippen molar-refractivity contribution in [3.05, 3.63) is 36.0 Å². The quantitative estimate of drug-likeness (QED) is 0.921. The maximum absolute atomic E-state index is 11.4. The number of hydrogen-bond donors (Lipinski definition) is 1. The van der Waals surface area contributed by atoms with E-state index in [1.54, 1.807) is 6.26 Å². The Morgan fingerprint density at radius 2 is 2.11 bits per heavy atom. The number of fused-ring (bicyclic) bond motifs is 1. The molecule has 4 heteroatoms. The molecule has 0 radical (unpaired) electrons. The molecule has 3 nitrogen and oxygen atoms in total. The molecule has 0 aliphatic heterocycles. The Balaban J connectivity index is 2.29. The number of hydrogen-bond acceptors (Lipinski definition) is 3. The van der Waals surface area contributed by atoms with Crippen molar-refractivity contribution in [1.29, 1.82) is 0 Å². The van der Waals surface area contributed by atoms with Gasteiger partial charge >= 0.3 is 0 Å². The molecule has 0 bridgehead atoms. The van der Waals surface area contributed by atoms with E-state index < -0.39 is 10.8 Å². The third kappa shape index (κ3) is 2.88. The SMILES string of the molecule is Cc1cc(NCC(C)S(C)=O)c2ccccc2n1. The van der Waals surface area contributed by atoms with Crippen LogP contribution in [0.3, 0.4) is 0 Å². The van der Waals surface area contributed by atoms with Crippen molar-refractivity contribution >= 4 is 27.4 Å². The molecule has 2 rings (SSSR count). The van der Waals surface area contributed by atoms with E-state index in [4.69, 9.17) is 0 Å². The van der Waals surface area contributed by atoms with E-state index in [9.17, 15) is 4.21 Å². The van der Waals surface area contributed by atoms with Gasteiger partial charge in [0, 0.05) is 45.6 Å². The molecule has 0 spiro atoms. The van der Waals surface area contributed by atoms with E-state index in [-0.39, 0.29) is 5.25 Å². The van der Waals surface area contributed by atoms with Crippen LogP contribution >= 0.6 is 0 Å². The van der Waals surface area contributed by atoms with Gasteiger partial charge in [-0.15, -0.1) is 0 Å². The lowest BCUT2D eigenvalue weighted by Crippen LogP contribution is -2.20. The minimum Gasteiger partial charge on any atom is -0.383 e. The zero-order chi connectivity index (χ0) is 13.1. The summed E-state index contributed by atoms with van der Waals surface area (Å²) in [4.78, 5) is 4.50. The third-order valence-electron chi connectivity index (χ3n) is 2.99. The molecule has 2 atom stereocenters. The molecule has 2 unspecified atom stereocenters. The van der Waals surface area contributed by atoms with Gasteiger partial charge < -0.3 is 5.32 Å². The molecule has 2 aromatic rings. The van der Waals surface area contributed by atoms with Crippen molar-refractivity contribution in [3.8, 4) is 0 Å². The first-order valence-corrected chi connectivity index (χ1v) is 7.62. The molecule has 0 amide bonds. The lowest BCUT2D eigenvalue weighted by atomic mass is 10.1. The van der Waals surface area contributed by atoms with Crippen LogP contribution in [-0.4, -0.2) is 27.2 Å². The second kappa shape index (κ2) is 5.48. The molecule has 0 saturated heterocycles. The first-order valence-electron chi connectivity index (χ1n) is 6.00. The number of benzene rings is 1. The Morgan fingerprint density at radius 1 is 1.39 bits per heavy atom. The Labute approximate surface area is 110 Å². The summed E-state index contributed by atoms with van der Waals surface area (Å²) in [6.45, 7) is 4.68. The van der Waals surface area contributed by atoms with Crippen molar-refractivity contribution < 1.29 is 4.21 Å². The van der Waals surface area contributed by atoms with Gasteiger partial charge in [0.05, 0.1) is 5.52 Å². The van der Waals surface area contributed by atoms with Gasteiger partial charge in [-0.1, -0.05) is 18.2 Å². The van der Waals surface area contributed by atoms with Gasteiger partial charge in [0.1, 0.15) is 0 Å². The van der Waals surface area contributed by atoms with Gasteiger partial charge in [0.2, 0.25) is 0 Å². The fraction of sp³-hybridized carbons (Fsp3) is 0.357. The maximum Gasteiger partial charge on any atom is 0.0725 e. The molecular weight excluding hydrogens is 244 g/mol. The van der Waals surface area contributed by atoms with Crippen LogP contribution in [0.5, 0.6) is 0 Å². The number of nitrogens with zero attached hydrogens (tertiary/aromatic N) is 1. The smallest absolute Gasteiger partial charge is 0.0725 e. The fourth-order valence-electron chi connectivity index (χ4n) is 1.83. The summed E-state index contributed by atoms with van der Waals surface area (Å²) in [6, 6.07) is 10.1. The molecular formula is C14H18N2OS. The van der Waals surface area contributed by atoms with E-state index in [2.05, 4.69) is 16.4 Å². The summed E-state index contributed by atoms with van der Waals surface area (Å²) in [6.07, 6.45) is 1.74. The average Bonchev–Trinajstić information content (AvgIpc) is 2.35. The minimum atomic E-state index is -0.801. The topological polar surface area (TPSA) is 42.0 Å². The van der Waals surface area contributed by atoms with E-state index >= 15 is 0 Å². The summed E-state index contributed by atoms with van der Waals surface area (Å²) in [5, 5.41) is 4.62. The first-order chi connectivity index (χ1) is 8.58. The highest BCUT2D eigenvalue weighted by Crippen LogP contribution is 2.22. The van der Waals surface area contributed by atoms with Gasteiger partial charge in [-0.2, -0.15) is 0 Å². The number of anilines is 1. The van der Waals surface area contributed by atoms with Crippen LogP contribution in [0, 0.1) is 6.92 Å². The monoisotopic (exact) mass is 262 g/mol. The van der Waals surface area contributed by atoms with Crippen LogP contribution in [-0.2, 0) is 10.8 Å². The zero-order valence-corrected chi connectivity index (χ0v) is 11.8. The number of rotatable bonds is 4. The number of nitrogens with one attached hydrogen (secondary N) is 1. The Hall–Kier alpha value is -1.42. The molecule has 0 fully saturated rings. The first kappa shape index (κ1) is 13.0. The van der Waals surface area contributed by atoms with Gasteiger partial charge in [0.25, 0.3) is 0 Å². The van der Waals surface area contributed by atoms with E-state index in [1.807, 2.05) is 38.1 Å². The highest BCUT2D eigenvalue weighted by molar-refractivity contribution is 7.84. The van der Waals surface area contributed by atoms with E-state index in [0.717, 1.165) is 22.3 Å². The van der Waals surface area contributed by atoms with Crippen LogP contribution in [0.2, 0.25) is 0 Å². The lowest BCUT2D eigenvalue weighted by Gasteiger charge is -2.13. The van der Waals surface area contributed by atoms with Gasteiger partial charge in [-0.05, 0) is 26.0 Å².